The fourth-order valence-corrected chi connectivity index (χ4v) is 4.24. The number of nitrogens with one attached hydrogen (secondary N) is 1. The fraction of sp³-hybridized carbons (Fsp3) is 0.500. The summed E-state index contributed by atoms with van der Waals surface area (Å²) in [6.07, 6.45) is -4.13. The minimum absolute atomic E-state index is 0.0509. The highest BCUT2D eigenvalue weighted by Crippen LogP contribution is 2.25. The van der Waals surface area contributed by atoms with Crippen molar-refractivity contribution in [2.75, 3.05) is 19.6 Å². The van der Waals surface area contributed by atoms with Gasteiger partial charge in [-0.15, -0.1) is 0 Å². The number of benzene rings is 1. The number of nitrogens with zero attached hydrogens (tertiary/aromatic N) is 1. The molecule has 0 atom stereocenters. The zero-order valence-electron chi connectivity index (χ0n) is 12.5. The van der Waals surface area contributed by atoms with Crippen LogP contribution in [0.5, 0.6) is 0 Å². The third-order valence-corrected chi connectivity index (χ3v) is 5.85. The van der Waals surface area contributed by atoms with Gasteiger partial charge < -0.3 is 5.32 Å². The highest BCUT2D eigenvalue weighted by molar-refractivity contribution is 7.89. The van der Waals surface area contributed by atoms with Crippen molar-refractivity contribution in [1.29, 1.82) is 0 Å². The van der Waals surface area contributed by atoms with Gasteiger partial charge in [-0.25, -0.2) is 8.42 Å². The van der Waals surface area contributed by atoms with Crippen LogP contribution in [0.15, 0.2) is 29.2 Å². The van der Waals surface area contributed by atoms with Gasteiger partial charge in [0.15, 0.2) is 0 Å². The van der Waals surface area contributed by atoms with Crippen LogP contribution >= 0.6 is 11.6 Å². The van der Waals surface area contributed by atoms with E-state index in [-0.39, 0.29) is 35.8 Å². The Hall–Kier alpha value is -1.32. The molecule has 0 aromatic heterocycles. The summed E-state index contributed by atoms with van der Waals surface area (Å²) in [5, 5.41) is 2.13. The normalized spacial score (nSPS) is 17.7. The van der Waals surface area contributed by atoms with Gasteiger partial charge in [-0.2, -0.15) is 17.5 Å². The largest absolute Gasteiger partial charge is 0.405 e. The molecule has 1 N–H and O–H groups in total. The van der Waals surface area contributed by atoms with Gasteiger partial charge >= 0.3 is 6.18 Å². The SMILES string of the molecule is O=C(NCC(F)(F)F)C1CCN(S(=O)(=O)c2cccc(Cl)c2)CC1. The van der Waals surface area contributed by atoms with Crippen molar-refractivity contribution in [2.45, 2.75) is 23.9 Å². The Morgan fingerprint density at radius 2 is 1.92 bits per heavy atom. The monoisotopic (exact) mass is 384 g/mol. The van der Waals surface area contributed by atoms with E-state index >= 15 is 0 Å². The van der Waals surface area contributed by atoms with Crippen LogP contribution in [0.1, 0.15) is 12.8 Å². The molecule has 1 amide bonds. The lowest BCUT2D eigenvalue weighted by Gasteiger charge is -2.30. The van der Waals surface area contributed by atoms with Crippen molar-refractivity contribution < 1.29 is 26.4 Å². The second kappa shape index (κ2) is 7.28. The summed E-state index contributed by atoms with van der Waals surface area (Å²) in [6, 6.07) is 5.83. The quantitative estimate of drug-likeness (QED) is 0.867. The van der Waals surface area contributed by atoms with E-state index in [9.17, 15) is 26.4 Å². The van der Waals surface area contributed by atoms with E-state index in [4.69, 9.17) is 11.6 Å². The molecule has 0 aliphatic carbocycles. The van der Waals surface area contributed by atoms with Crippen LogP contribution in [0.25, 0.3) is 0 Å². The van der Waals surface area contributed by atoms with Gasteiger partial charge in [0, 0.05) is 24.0 Å². The third-order valence-electron chi connectivity index (χ3n) is 3.72. The molecule has 2 rings (SSSR count). The maximum atomic E-state index is 12.5. The number of carbonyl (C=O) groups excluding carboxylic acids is 1. The van der Waals surface area contributed by atoms with Crippen molar-refractivity contribution in [2.24, 2.45) is 5.92 Å². The first kappa shape index (κ1) is 19.0. The summed E-state index contributed by atoms with van der Waals surface area (Å²) >= 11 is 5.80. The lowest BCUT2D eigenvalue weighted by atomic mass is 9.97. The number of amides is 1. The van der Waals surface area contributed by atoms with Gasteiger partial charge in [0.05, 0.1) is 4.90 Å². The molecule has 1 fully saturated rings. The Balaban J connectivity index is 1.96. The molecule has 0 bridgehead atoms. The molecule has 1 aromatic rings. The standard InChI is InChI=1S/C14H16ClF3N2O3S/c15-11-2-1-3-12(8-11)24(22,23)20-6-4-10(5-7-20)13(21)19-9-14(16,17)18/h1-3,8,10H,4-7,9H2,(H,19,21). The minimum Gasteiger partial charge on any atom is -0.347 e. The smallest absolute Gasteiger partial charge is 0.347 e. The van der Waals surface area contributed by atoms with Crippen molar-refractivity contribution in [1.82, 2.24) is 9.62 Å². The maximum absolute atomic E-state index is 12.5. The van der Waals surface area contributed by atoms with Crippen LogP contribution in [-0.4, -0.2) is 44.4 Å². The topological polar surface area (TPSA) is 66.5 Å². The molecule has 0 radical (unpaired) electrons. The first-order valence-corrected chi connectivity index (χ1v) is 9.01. The van der Waals surface area contributed by atoms with Gasteiger partial charge in [0.2, 0.25) is 15.9 Å². The number of rotatable bonds is 4. The number of hydrogen-bond donors (Lipinski definition) is 1. The van der Waals surface area contributed by atoms with Gasteiger partial charge in [-0.3, -0.25) is 4.79 Å². The molecule has 1 aliphatic heterocycles. The Morgan fingerprint density at radius 1 is 1.29 bits per heavy atom. The predicted molar refractivity (Wildman–Crippen MR) is 82.0 cm³/mol. The summed E-state index contributed by atoms with van der Waals surface area (Å²) in [4.78, 5) is 11.8. The van der Waals surface area contributed by atoms with E-state index < -0.39 is 34.6 Å². The van der Waals surface area contributed by atoms with Crippen LogP contribution in [0.4, 0.5) is 13.2 Å². The molecule has 1 aromatic carbocycles. The van der Waals surface area contributed by atoms with Crippen LogP contribution < -0.4 is 5.32 Å². The number of carbonyl (C=O) groups is 1. The van der Waals surface area contributed by atoms with E-state index in [1.54, 1.807) is 6.07 Å². The van der Waals surface area contributed by atoms with E-state index in [0.29, 0.717) is 0 Å². The van der Waals surface area contributed by atoms with Crippen molar-refractivity contribution in [3.8, 4) is 0 Å². The first-order valence-electron chi connectivity index (χ1n) is 7.20. The summed E-state index contributed by atoms with van der Waals surface area (Å²) in [6.45, 7) is -1.25. The van der Waals surface area contributed by atoms with E-state index in [0.717, 1.165) is 0 Å². The van der Waals surface area contributed by atoms with Crippen LogP contribution in [-0.2, 0) is 14.8 Å². The average Bonchev–Trinajstić information content (AvgIpc) is 2.52. The lowest BCUT2D eigenvalue weighted by molar-refractivity contribution is -0.141. The zero-order chi connectivity index (χ0) is 18.0. The third kappa shape index (κ3) is 4.84. The van der Waals surface area contributed by atoms with Gasteiger partial charge in [0.25, 0.3) is 0 Å². The summed E-state index contributed by atoms with van der Waals surface area (Å²) < 4.78 is 62.5. The zero-order valence-corrected chi connectivity index (χ0v) is 14.1. The Labute approximate surface area is 142 Å². The highest BCUT2D eigenvalue weighted by atomic mass is 35.5. The molecule has 0 saturated carbocycles. The molecule has 1 saturated heterocycles. The molecule has 10 heteroatoms. The number of piperidine rings is 1. The Kier molecular flexibility index (Phi) is 5.77. The Morgan fingerprint density at radius 3 is 2.46 bits per heavy atom. The van der Waals surface area contributed by atoms with Gasteiger partial charge in [-0.1, -0.05) is 17.7 Å². The van der Waals surface area contributed by atoms with Gasteiger partial charge in [0.1, 0.15) is 6.54 Å². The Bertz CT molecular complexity index is 701. The summed E-state index contributed by atoms with van der Waals surface area (Å²) in [5.74, 6) is -1.33. The van der Waals surface area contributed by atoms with Crippen molar-refractivity contribution in [3.63, 3.8) is 0 Å². The van der Waals surface area contributed by atoms with Crippen LogP contribution in [0.2, 0.25) is 5.02 Å². The molecule has 5 nitrogen and oxygen atoms in total. The highest BCUT2D eigenvalue weighted by Gasteiger charge is 2.34. The molecule has 24 heavy (non-hydrogen) atoms. The number of alkyl halides is 3. The van der Waals surface area contributed by atoms with Gasteiger partial charge in [-0.05, 0) is 31.0 Å². The van der Waals surface area contributed by atoms with Crippen LogP contribution in [0, 0.1) is 5.92 Å². The molecule has 0 spiro atoms. The van der Waals surface area contributed by atoms with Crippen LogP contribution in [0.3, 0.4) is 0 Å². The molecule has 1 heterocycles. The summed E-state index contributed by atoms with van der Waals surface area (Å²) in [5.41, 5.74) is 0. The molecule has 1 aliphatic rings. The molecular weight excluding hydrogens is 369 g/mol. The predicted octanol–water partition coefficient (Wildman–Crippen LogP) is 2.42. The van der Waals surface area contributed by atoms with E-state index in [2.05, 4.69) is 0 Å². The number of sulfonamides is 1. The molecule has 0 unspecified atom stereocenters. The molecular formula is C14H16ClF3N2O3S. The average molecular weight is 385 g/mol. The second-order valence-electron chi connectivity index (χ2n) is 5.47. The first-order chi connectivity index (χ1) is 11.1. The number of halogens is 4. The van der Waals surface area contributed by atoms with E-state index in [1.165, 1.54) is 22.5 Å². The molecule has 134 valence electrons. The van der Waals surface area contributed by atoms with Crippen molar-refractivity contribution in [3.05, 3.63) is 29.3 Å². The fourth-order valence-electron chi connectivity index (χ4n) is 2.47. The summed E-state index contributed by atoms with van der Waals surface area (Å²) in [7, 11) is -3.73. The maximum Gasteiger partial charge on any atom is 0.405 e. The second-order valence-corrected chi connectivity index (χ2v) is 7.84. The lowest BCUT2D eigenvalue weighted by Crippen LogP contribution is -2.44. The van der Waals surface area contributed by atoms with Crippen molar-refractivity contribution >= 4 is 27.5 Å². The van der Waals surface area contributed by atoms with E-state index in [1.807, 2.05) is 5.32 Å². The minimum atomic E-state index is -4.47. The number of hydrogen-bond acceptors (Lipinski definition) is 3.